The van der Waals surface area contributed by atoms with E-state index in [-0.39, 0.29) is 17.9 Å². The zero-order chi connectivity index (χ0) is 17.8. The van der Waals surface area contributed by atoms with Crippen molar-refractivity contribution in [3.8, 4) is 5.75 Å². The number of amides is 1. The molecule has 132 valence electrons. The topological polar surface area (TPSA) is 58.6 Å². The summed E-state index contributed by atoms with van der Waals surface area (Å²) in [6.45, 7) is 3.25. The van der Waals surface area contributed by atoms with Crippen molar-refractivity contribution >= 4 is 11.7 Å². The van der Waals surface area contributed by atoms with Crippen molar-refractivity contribution in [2.75, 3.05) is 32.1 Å². The number of anilines is 1. The number of nitrogens with zero attached hydrogens (tertiary/aromatic N) is 4. The van der Waals surface area contributed by atoms with E-state index in [9.17, 15) is 4.79 Å². The minimum Gasteiger partial charge on any atom is -0.485 e. The van der Waals surface area contributed by atoms with Gasteiger partial charge in [0.15, 0.2) is 11.6 Å². The van der Waals surface area contributed by atoms with Gasteiger partial charge >= 0.3 is 0 Å². The number of hydrogen-bond acceptors (Lipinski definition) is 5. The van der Waals surface area contributed by atoms with Gasteiger partial charge in [0.05, 0.1) is 12.5 Å². The third kappa shape index (κ3) is 3.90. The predicted octanol–water partition coefficient (Wildman–Crippen LogP) is 2.33. The summed E-state index contributed by atoms with van der Waals surface area (Å²) in [6.07, 6.45) is 6.05. The van der Waals surface area contributed by atoms with Gasteiger partial charge < -0.3 is 14.5 Å². The van der Waals surface area contributed by atoms with Crippen molar-refractivity contribution in [3.63, 3.8) is 0 Å². The van der Waals surface area contributed by atoms with Crippen LogP contribution in [0.2, 0.25) is 0 Å². The summed E-state index contributed by atoms with van der Waals surface area (Å²) in [5.41, 5.74) is 0.944. The molecule has 3 heterocycles. The van der Waals surface area contributed by atoms with Gasteiger partial charge in [0, 0.05) is 45.7 Å². The molecule has 0 aliphatic carbocycles. The number of carbonyl (C=O) groups excluding carboxylic acids is 1. The van der Waals surface area contributed by atoms with Crippen LogP contribution in [0.3, 0.4) is 0 Å². The molecule has 1 aliphatic heterocycles. The monoisotopic (exact) mass is 340 g/mol. The fourth-order valence-corrected chi connectivity index (χ4v) is 3.06. The zero-order valence-electron chi connectivity index (χ0n) is 14.9. The molecule has 0 spiro atoms. The molecular formula is C19H24N4O2. The quantitative estimate of drug-likeness (QED) is 0.836. The molecule has 1 aliphatic rings. The van der Waals surface area contributed by atoms with E-state index < -0.39 is 0 Å². The first-order chi connectivity index (χ1) is 12.1. The van der Waals surface area contributed by atoms with Crippen LogP contribution >= 0.6 is 0 Å². The standard InChI is InChI=1S/C19H24N4O2/c1-14(15-6-4-9-20-12-15)19(24)23-11-8-16(13-23)25-17-7-5-10-21-18(17)22(2)3/h4-7,9-10,12,14,16H,8,11,13H2,1-3H3/t14-,16+/m0/s1. The number of ether oxygens (including phenoxy) is 1. The Kier molecular flexibility index (Phi) is 5.16. The minimum absolute atomic E-state index is 0.00653. The molecule has 1 saturated heterocycles. The van der Waals surface area contributed by atoms with Crippen LogP contribution in [0.5, 0.6) is 5.75 Å². The van der Waals surface area contributed by atoms with Crippen LogP contribution in [0.4, 0.5) is 5.82 Å². The molecule has 0 bridgehead atoms. The van der Waals surface area contributed by atoms with Crippen LogP contribution in [-0.2, 0) is 4.79 Å². The van der Waals surface area contributed by atoms with E-state index in [0.29, 0.717) is 13.1 Å². The van der Waals surface area contributed by atoms with Crippen molar-refractivity contribution in [3.05, 3.63) is 48.4 Å². The Morgan fingerprint density at radius 1 is 1.32 bits per heavy atom. The van der Waals surface area contributed by atoms with Gasteiger partial charge in [0.1, 0.15) is 6.10 Å². The molecule has 25 heavy (non-hydrogen) atoms. The second-order valence-corrected chi connectivity index (χ2v) is 6.54. The third-order valence-electron chi connectivity index (χ3n) is 4.48. The number of pyridine rings is 2. The maximum Gasteiger partial charge on any atom is 0.230 e. The molecule has 3 rings (SSSR count). The molecule has 0 radical (unpaired) electrons. The summed E-state index contributed by atoms with van der Waals surface area (Å²) in [5, 5.41) is 0. The molecule has 2 aromatic rings. The molecule has 6 heteroatoms. The van der Waals surface area contributed by atoms with Crippen molar-refractivity contribution in [2.24, 2.45) is 0 Å². The average molecular weight is 340 g/mol. The number of hydrogen-bond donors (Lipinski definition) is 0. The molecule has 2 aromatic heterocycles. The summed E-state index contributed by atoms with van der Waals surface area (Å²) < 4.78 is 6.12. The minimum atomic E-state index is -0.192. The van der Waals surface area contributed by atoms with Gasteiger partial charge in [-0.1, -0.05) is 6.07 Å². The van der Waals surface area contributed by atoms with Gasteiger partial charge in [0.2, 0.25) is 5.91 Å². The lowest BCUT2D eigenvalue weighted by molar-refractivity contribution is -0.131. The van der Waals surface area contributed by atoms with Crippen LogP contribution in [0.25, 0.3) is 0 Å². The molecule has 0 saturated carbocycles. The predicted molar refractivity (Wildman–Crippen MR) is 96.8 cm³/mol. The maximum atomic E-state index is 12.7. The Morgan fingerprint density at radius 2 is 2.12 bits per heavy atom. The van der Waals surface area contributed by atoms with Crippen molar-refractivity contribution in [1.29, 1.82) is 0 Å². The van der Waals surface area contributed by atoms with E-state index in [2.05, 4.69) is 9.97 Å². The number of likely N-dealkylation sites (tertiary alicyclic amines) is 1. The lowest BCUT2D eigenvalue weighted by Gasteiger charge is -2.22. The van der Waals surface area contributed by atoms with Gasteiger partial charge in [-0.05, 0) is 30.7 Å². The average Bonchev–Trinajstić information content (AvgIpc) is 3.10. The third-order valence-corrected chi connectivity index (χ3v) is 4.48. The lowest BCUT2D eigenvalue weighted by Crippen LogP contribution is -2.34. The van der Waals surface area contributed by atoms with Crippen molar-refractivity contribution in [1.82, 2.24) is 14.9 Å². The molecule has 1 amide bonds. The molecule has 0 unspecified atom stereocenters. The summed E-state index contributed by atoms with van der Waals surface area (Å²) in [6, 6.07) is 7.59. The lowest BCUT2D eigenvalue weighted by atomic mass is 10.0. The highest BCUT2D eigenvalue weighted by Crippen LogP contribution is 2.27. The Morgan fingerprint density at radius 3 is 2.84 bits per heavy atom. The molecule has 1 fully saturated rings. The van der Waals surface area contributed by atoms with E-state index in [0.717, 1.165) is 23.6 Å². The van der Waals surface area contributed by atoms with Crippen LogP contribution in [0, 0.1) is 0 Å². The van der Waals surface area contributed by atoms with E-state index in [1.807, 2.05) is 55.1 Å². The van der Waals surface area contributed by atoms with Crippen LogP contribution < -0.4 is 9.64 Å². The first-order valence-corrected chi connectivity index (χ1v) is 8.54. The largest absolute Gasteiger partial charge is 0.485 e. The maximum absolute atomic E-state index is 12.7. The summed E-state index contributed by atoms with van der Waals surface area (Å²) in [5.74, 6) is 1.49. The molecule has 0 aromatic carbocycles. The van der Waals surface area contributed by atoms with E-state index >= 15 is 0 Å². The highest BCUT2D eigenvalue weighted by molar-refractivity contribution is 5.83. The van der Waals surface area contributed by atoms with E-state index in [1.54, 1.807) is 18.6 Å². The highest BCUT2D eigenvalue weighted by atomic mass is 16.5. The van der Waals surface area contributed by atoms with Crippen LogP contribution in [-0.4, -0.2) is 54.1 Å². The van der Waals surface area contributed by atoms with Crippen LogP contribution in [0.15, 0.2) is 42.9 Å². The number of carbonyl (C=O) groups is 1. The fourth-order valence-electron chi connectivity index (χ4n) is 3.06. The molecule has 6 nitrogen and oxygen atoms in total. The summed E-state index contributed by atoms with van der Waals surface area (Å²) in [4.78, 5) is 25.0. The van der Waals surface area contributed by atoms with Crippen LogP contribution in [0.1, 0.15) is 24.8 Å². The summed E-state index contributed by atoms with van der Waals surface area (Å²) >= 11 is 0. The van der Waals surface area contributed by atoms with E-state index in [1.165, 1.54) is 0 Å². The number of aromatic nitrogens is 2. The van der Waals surface area contributed by atoms with Gasteiger partial charge in [-0.2, -0.15) is 0 Å². The SMILES string of the molecule is C[C@H](C(=O)N1CC[C@@H](Oc2cccnc2N(C)C)C1)c1cccnc1. The first-order valence-electron chi connectivity index (χ1n) is 8.54. The number of rotatable bonds is 5. The Balaban J connectivity index is 1.63. The Bertz CT molecular complexity index is 720. The van der Waals surface area contributed by atoms with Gasteiger partial charge in [0.25, 0.3) is 0 Å². The van der Waals surface area contributed by atoms with E-state index in [4.69, 9.17) is 4.74 Å². The molecular weight excluding hydrogens is 316 g/mol. The molecule has 2 atom stereocenters. The first kappa shape index (κ1) is 17.2. The zero-order valence-corrected chi connectivity index (χ0v) is 14.9. The smallest absolute Gasteiger partial charge is 0.230 e. The van der Waals surface area contributed by atoms with Gasteiger partial charge in [-0.3, -0.25) is 9.78 Å². The normalized spacial score (nSPS) is 18.0. The summed E-state index contributed by atoms with van der Waals surface area (Å²) in [7, 11) is 3.88. The molecule has 0 N–H and O–H groups in total. The van der Waals surface area contributed by atoms with Crippen molar-refractivity contribution < 1.29 is 9.53 Å². The Hall–Kier alpha value is -2.63. The fraction of sp³-hybridized carbons (Fsp3) is 0.421. The Labute approximate surface area is 148 Å². The van der Waals surface area contributed by atoms with Gasteiger partial charge in [-0.15, -0.1) is 0 Å². The second-order valence-electron chi connectivity index (χ2n) is 6.54. The second kappa shape index (κ2) is 7.51. The highest BCUT2D eigenvalue weighted by Gasteiger charge is 2.31. The van der Waals surface area contributed by atoms with Crippen molar-refractivity contribution in [2.45, 2.75) is 25.4 Å². The van der Waals surface area contributed by atoms with Gasteiger partial charge in [-0.25, -0.2) is 4.98 Å².